The molecule has 0 atom stereocenters. The lowest BCUT2D eigenvalue weighted by Crippen LogP contribution is -2.31. The van der Waals surface area contributed by atoms with Crippen LogP contribution in [-0.2, 0) is 13.7 Å². The van der Waals surface area contributed by atoms with Crippen LogP contribution in [-0.4, -0.2) is 51.4 Å². The molecule has 0 bridgehead atoms. The number of hydrogen-bond acceptors (Lipinski definition) is 5. The van der Waals surface area contributed by atoms with Gasteiger partial charge < -0.3 is 5.32 Å². The Kier molecular flexibility index (Phi) is 8.80. The molecular formula is C17H28N2O3S2. The van der Waals surface area contributed by atoms with Crippen LogP contribution in [0.5, 0.6) is 0 Å². The van der Waals surface area contributed by atoms with Crippen LogP contribution < -0.4 is 5.32 Å². The highest BCUT2D eigenvalue weighted by atomic mass is 33.1. The zero-order chi connectivity index (χ0) is 18.2. The lowest BCUT2D eigenvalue weighted by molar-refractivity contribution is -0.117. The molecule has 136 valence electrons. The van der Waals surface area contributed by atoms with Gasteiger partial charge in [-0.1, -0.05) is 24.6 Å². The molecule has 0 saturated carbocycles. The molecule has 0 unspecified atom stereocenters. The first-order chi connectivity index (χ1) is 11.2. The summed E-state index contributed by atoms with van der Waals surface area (Å²) in [6.45, 7) is 5.15. The van der Waals surface area contributed by atoms with Crippen LogP contribution in [0, 0.1) is 13.8 Å². The van der Waals surface area contributed by atoms with Gasteiger partial charge in [-0.2, -0.15) is 0 Å². The van der Waals surface area contributed by atoms with Crippen molar-refractivity contribution in [2.75, 3.05) is 37.5 Å². The SMILES string of the molecule is Cc1cccc(C)c1NC(=O)CN(C)CCCCCSS(C)(=O)=O. The second-order valence-corrected chi connectivity index (χ2v) is 10.7. The van der Waals surface area contributed by atoms with E-state index in [9.17, 15) is 13.2 Å². The van der Waals surface area contributed by atoms with E-state index in [1.807, 2.05) is 44.0 Å². The van der Waals surface area contributed by atoms with Crippen molar-refractivity contribution < 1.29 is 13.2 Å². The lowest BCUT2D eigenvalue weighted by Gasteiger charge is -2.17. The summed E-state index contributed by atoms with van der Waals surface area (Å²) in [6.07, 6.45) is 4.03. The summed E-state index contributed by atoms with van der Waals surface area (Å²) >= 11 is 0. The van der Waals surface area contributed by atoms with Crippen molar-refractivity contribution in [3.63, 3.8) is 0 Å². The van der Waals surface area contributed by atoms with Gasteiger partial charge in [-0.05, 0) is 62.2 Å². The Balaban J connectivity index is 2.25. The second-order valence-electron chi connectivity index (χ2n) is 6.14. The number of nitrogens with one attached hydrogen (secondary N) is 1. The largest absolute Gasteiger partial charge is 0.324 e. The standard InChI is InChI=1S/C17H28N2O3S2/c1-14-9-8-10-15(2)17(14)18-16(20)13-19(3)11-6-5-7-12-23-24(4,21)22/h8-10H,5-7,11-13H2,1-4H3,(H,18,20). The Bertz CT molecular complexity index is 625. The number of hydrogen-bond donors (Lipinski definition) is 1. The Morgan fingerprint density at radius 2 is 1.79 bits per heavy atom. The third kappa shape index (κ3) is 8.70. The highest BCUT2D eigenvalue weighted by Gasteiger charge is 2.10. The predicted molar refractivity (Wildman–Crippen MR) is 103 cm³/mol. The third-order valence-electron chi connectivity index (χ3n) is 3.64. The fourth-order valence-corrected chi connectivity index (χ4v) is 4.27. The molecule has 0 radical (unpaired) electrons. The topological polar surface area (TPSA) is 66.5 Å². The summed E-state index contributed by atoms with van der Waals surface area (Å²) in [6, 6.07) is 5.95. The minimum Gasteiger partial charge on any atom is -0.324 e. The molecular weight excluding hydrogens is 344 g/mol. The quantitative estimate of drug-likeness (QED) is 0.505. The van der Waals surface area contributed by atoms with Gasteiger partial charge in [0.05, 0.1) is 6.54 Å². The van der Waals surface area contributed by atoms with Crippen LogP contribution in [0.2, 0.25) is 0 Å². The number of amides is 1. The molecule has 0 saturated heterocycles. The Morgan fingerprint density at radius 3 is 2.38 bits per heavy atom. The summed E-state index contributed by atoms with van der Waals surface area (Å²) < 4.78 is 22.0. The molecule has 0 aliphatic heterocycles. The average Bonchev–Trinajstić information content (AvgIpc) is 2.45. The molecule has 0 heterocycles. The predicted octanol–water partition coefficient (Wildman–Crippen LogP) is 3.04. The summed E-state index contributed by atoms with van der Waals surface area (Å²) in [5.74, 6) is 0.623. The fourth-order valence-electron chi connectivity index (χ4n) is 2.39. The van der Waals surface area contributed by atoms with Gasteiger partial charge in [0.2, 0.25) is 5.91 Å². The molecule has 0 fully saturated rings. The van der Waals surface area contributed by atoms with Gasteiger partial charge in [-0.15, -0.1) is 0 Å². The Hall–Kier alpha value is -1.05. The van der Waals surface area contributed by atoms with Crippen LogP contribution in [0.3, 0.4) is 0 Å². The van der Waals surface area contributed by atoms with Crippen LogP contribution in [0.25, 0.3) is 0 Å². The van der Waals surface area contributed by atoms with E-state index in [2.05, 4.69) is 5.32 Å². The average molecular weight is 373 g/mol. The first-order valence-corrected chi connectivity index (χ1v) is 11.5. The van der Waals surface area contributed by atoms with Gasteiger partial charge in [0.25, 0.3) is 0 Å². The Morgan fingerprint density at radius 1 is 1.17 bits per heavy atom. The van der Waals surface area contributed by atoms with Crippen molar-refractivity contribution in [2.45, 2.75) is 33.1 Å². The summed E-state index contributed by atoms with van der Waals surface area (Å²) in [4.78, 5) is 14.1. The molecule has 7 heteroatoms. The van der Waals surface area contributed by atoms with Crippen molar-refractivity contribution in [1.82, 2.24) is 4.90 Å². The van der Waals surface area contributed by atoms with E-state index >= 15 is 0 Å². The summed E-state index contributed by atoms with van der Waals surface area (Å²) in [7, 11) is 0.000498. The van der Waals surface area contributed by atoms with Gasteiger partial charge in [-0.25, -0.2) is 8.42 Å². The molecule has 0 aliphatic carbocycles. The summed E-state index contributed by atoms with van der Waals surface area (Å²) in [5, 5.41) is 2.99. The van der Waals surface area contributed by atoms with Crippen molar-refractivity contribution >= 4 is 31.3 Å². The molecule has 1 N–H and O–H groups in total. The van der Waals surface area contributed by atoms with Gasteiger partial charge in [0.15, 0.2) is 8.87 Å². The molecule has 1 rings (SSSR count). The maximum atomic E-state index is 12.2. The first-order valence-electron chi connectivity index (χ1n) is 8.08. The van der Waals surface area contributed by atoms with E-state index in [1.54, 1.807) is 0 Å². The lowest BCUT2D eigenvalue weighted by atomic mass is 10.1. The normalized spacial score (nSPS) is 11.7. The molecule has 0 aromatic heterocycles. The number of unbranched alkanes of at least 4 members (excludes halogenated alkanes) is 2. The number of aryl methyl sites for hydroxylation is 2. The number of anilines is 1. The van der Waals surface area contributed by atoms with E-state index in [-0.39, 0.29) is 5.91 Å². The minimum atomic E-state index is -2.93. The van der Waals surface area contributed by atoms with E-state index < -0.39 is 8.87 Å². The van der Waals surface area contributed by atoms with Crippen LogP contribution in [0.4, 0.5) is 5.69 Å². The number of carbonyl (C=O) groups excluding carboxylic acids is 1. The smallest absolute Gasteiger partial charge is 0.238 e. The molecule has 1 aromatic rings. The van der Waals surface area contributed by atoms with Crippen LogP contribution in [0.1, 0.15) is 30.4 Å². The first kappa shape index (κ1) is 21.0. The fraction of sp³-hybridized carbons (Fsp3) is 0.588. The third-order valence-corrected chi connectivity index (χ3v) is 6.31. The second kappa shape index (κ2) is 10.1. The maximum absolute atomic E-state index is 12.2. The van der Waals surface area contributed by atoms with Crippen LogP contribution >= 0.6 is 10.8 Å². The zero-order valence-electron chi connectivity index (χ0n) is 15.0. The van der Waals surface area contributed by atoms with Crippen molar-refractivity contribution in [1.29, 1.82) is 0 Å². The Labute approximate surface area is 149 Å². The number of carbonyl (C=O) groups is 1. The highest BCUT2D eigenvalue weighted by Crippen LogP contribution is 2.19. The number of benzene rings is 1. The van der Waals surface area contributed by atoms with Crippen molar-refractivity contribution in [3.05, 3.63) is 29.3 Å². The molecule has 5 nitrogen and oxygen atoms in total. The van der Waals surface area contributed by atoms with Gasteiger partial charge in [0, 0.05) is 17.7 Å². The van der Waals surface area contributed by atoms with E-state index in [1.165, 1.54) is 6.26 Å². The van der Waals surface area contributed by atoms with Gasteiger partial charge in [0.1, 0.15) is 0 Å². The summed E-state index contributed by atoms with van der Waals surface area (Å²) in [5.41, 5.74) is 3.03. The molecule has 1 amide bonds. The number of para-hydroxylation sites is 1. The zero-order valence-corrected chi connectivity index (χ0v) is 16.6. The number of likely N-dealkylation sites (N-methyl/N-ethyl adjacent to an activating group) is 1. The highest BCUT2D eigenvalue weighted by molar-refractivity contribution is 8.71. The number of rotatable bonds is 10. The maximum Gasteiger partial charge on any atom is 0.238 e. The molecule has 0 aliphatic rings. The van der Waals surface area contributed by atoms with Crippen molar-refractivity contribution in [3.8, 4) is 0 Å². The molecule has 24 heavy (non-hydrogen) atoms. The molecule has 1 aromatic carbocycles. The van der Waals surface area contributed by atoms with Gasteiger partial charge >= 0.3 is 0 Å². The van der Waals surface area contributed by atoms with E-state index in [0.717, 1.165) is 53.4 Å². The van der Waals surface area contributed by atoms with Crippen LogP contribution in [0.15, 0.2) is 18.2 Å². The number of nitrogens with zero attached hydrogens (tertiary/aromatic N) is 1. The van der Waals surface area contributed by atoms with E-state index in [4.69, 9.17) is 0 Å². The monoisotopic (exact) mass is 372 g/mol. The minimum absolute atomic E-state index is 0.0115. The van der Waals surface area contributed by atoms with Crippen molar-refractivity contribution in [2.24, 2.45) is 0 Å². The van der Waals surface area contributed by atoms with E-state index in [0.29, 0.717) is 12.3 Å². The molecule has 0 spiro atoms. The van der Waals surface area contributed by atoms with Gasteiger partial charge in [-0.3, -0.25) is 9.69 Å².